The van der Waals surface area contributed by atoms with E-state index in [-0.39, 0.29) is 12.1 Å². The maximum atomic E-state index is 13.0. The summed E-state index contributed by atoms with van der Waals surface area (Å²) in [5.41, 5.74) is 6.17. The zero-order valence-corrected chi connectivity index (χ0v) is 11.9. The zero-order valence-electron chi connectivity index (χ0n) is 11.9. The zero-order chi connectivity index (χ0) is 16.8. The number of hydrogen-bond acceptors (Lipinski definition) is 2. The Hall–Kier alpha value is -2.51. The number of H-pyrrole nitrogens is 1. The molecule has 8 heteroatoms. The molecule has 1 saturated heterocycles. The Labute approximate surface area is 129 Å². The number of carbonyl (C=O) groups is 2. The van der Waals surface area contributed by atoms with Crippen LogP contribution in [0.15, 0.2) is 30.5 Å². The maximum Gasteiger partial charge on any atom is 0.394 e. The van der Waals surface area contributed by atoms with Gasteiger partial charge >= 0.3 is 6.18 Å². The van der Waals surface area contributed by atoms with Crippen LogP contribution < -0.4 is 5.73 Å². The molecule has 1 aromatic carbocycles. The Bertz CT molecular complexity index is 769. The van der Waals surface area contributed by atoms with Crippen molar-refractivity contribution in [3.05, 3.63) is 36.0 Å². The van der Waals surface area contributed by atoms with Crippen molar-refractivity contribution in [2.75, 3.05) is 13.1 Å². The van der Waals surface area contributed by atoms with Crippen LogP contribution in [0, 0.1) is 11.8 Å². The van der Waals surface area contributed by atoms with Gasteiger partial charge in [-0.25, -0.2) is 0 Å². The molecule has 1 aliphatic rings. The fourth-order valence-electron chi connectivity index (χ4n) is 2.96. The molecular weight excluding hydrogens is 311 g/mol. The van der Waals surface area contributed by atoms with Crippen LogP contribution >= 0.6 is 0 Å². The number of amides is 2. The van der Waals surface area contributed by atoms with Crippen molar-refractivity contribution in [1.29, 1.82) is 0 Å². The molecule has 1 aliphatic heterocycles. The lowest BCUT2D eigenvalue weighted by Crippen LogP contribution is -2.37. The van der Waals surface area contributed by atoms with Gasteiger partial charge in [-0.2, -0.15) is 13.2 Å². The summed E-state index contributed by atoms with van der Waals surface area (Å²) in [6.07, 6.45) is -2.86. The number of aromatic amines is 1. The van der Waals surface area contributed by atoms with Gasteiger partial charge in [0.25, 0.3) is 5.91 Å². The van der Waals surface area contributed by atoms with E-state index in [1.54, 1.807) is 30.5 Å². The molecule has 0 unspecified atom stereocenters. The Morgan fingerprint density at radius 3 is 2.57 bits per heavy atom. The van der Waals surface area contributed by atoms with Crippen LogP contribution in [0.2, 0.25) is 0 Å². The number of alkyl halides is 3. The van der Waals surface area contributed by atoms with E-state index >= 15 is 0 Å². The second kappa shape index (κ2) is 5.29. The van der Waals surface area contributed by atoms with Crippen molar-refractivity contribution in [3.63, 3.8) is 0 Å². The molecule has 0 saturated carbocycles. The maximum absolute atomic E-state index is 13.0. The van der Waals surface area contributed by atoms with Gasteiger partial charge in [0.15, 0.2) is 0 Å². The number of carbonyl (C=O) groups excluding carboxylic acids is 2. The van der Waals surface area contributed by atoms with E-state index in [4.69, 9.17) is 5.73 Å². The summed E-state index contributed by atoms with van der Waals surface area (Å²) in [5, 5.41) is 0.786. The minimum Gasteiger partial charge on any atom is -0.369 e. The number of nitrogens with two attached hydrogens (primary N) is 1. The number of likely N-dealkylation sites (tertiary alicyclic amines) is 1. The number of rotatable bonds is 2. The first-order chi connectivity index (χ1) is 10.8. The summed E-state index contributed by atoms with van der Waals surface area (Å²) >= 11 is 0. The summed E-state index contributed by atoms with van der Waals surface area (Å²) in [6.45, 7) is -0.870. The molecule has 1 aromatic heterocycles. The van der Waals surface area contributed by atoms with Crippen LogP contribution in [-0.4, -0.2) is 41.0 Å². The fraction of sp³-hybridized carbons (Fsp3) is 0.333. The van der Waals surface area contributed by atoms with E-state index in [1.165, 1.54) is 0 Å². The highest BCUT2D eigenvalue weighted by molar-refractivity contribution is 5.98. The monoisotopic (exact) mass is 325 g/mol. The minimum absolute atomic E-state index is 0.281. The van der Waals surface area contributed by atoms with Gasteiger partial charge in [0, 0.05) is 35.8 Å². The summed E-state index contributed by atoms with van der Waals surface area (Å²) < 4.78 is 39.1. The standard InChI is InChI=1S/C15H14F3N3O2/c16-15(17,18)11-7-21(6-10(11)13(19)22)14(23)9-1-2-12-8(5-9)3-4-20-12/h1-5,10-11,20H,6-7H2,(H2,19,22)/t10-,11-/m1/s1. The van der Waals surface area contributed by atoms with Gasteiger partial charge in [0.2, 0.25) is 5.91 Å². The van der Waals surface area contributed by atoms with Crippen LogP contribution in [0.25, 0.3) is 10.9 Å². The summed E-state index contributed by atoms with van der Waals surface area (Å²) in [6, 6.07) is 6.60. The van der Waals surface area contributed by atoms with Gasteiger partial charge < -0.3 is 15.6 Å². The summed E-state index contributed by atoms with van der Waals surface area (Å²) in [4.78, 5) is 27.7. The average molecular weight is 325 g/mol. The Balaban J connectivity index is 1.86. The quantitative estimate of drug-likeness (QED) is 0.884. The summed E-state index contributed by atoms with van der Waals surface area (Å²) in [7, 11) is 0. The van der Waals surface area contributed by atoms with E-state index in [1.807, 2.05) is 0 Å². The first-order valence-corrected chi connectivity index (χ1v) is 7.00. The van der Waals surface area contributed by atoms with E-state index in [0.29, 0.717) is 0 Å². The predicted octanol–water partition coefficient (Wildman–Crippen LogP) is 1.90. The van der Waals surface area contributed by atoms with Crippen molar-refractivity contribution in [1.82, 2.24) is 9.88 Å². The van der Waals surface area contributed by atoms with Gasteiger partial charge in [-0.15, -0.1) is 0 Å². The highest BCUT2D eigenvalue weighted by Gasteiger charge is 2.52. The van der Waals surface area contributed by atoms with Crippen molar-refractivity contribution >= 4 is 22.7 Å². The molecule has 0 spiro atoms. The Morgan fingerprint density at radius 1 is 1.22 bits per heavy atom. The van der Waals surface area contributed by atoms with Crippen molar-refractivity contribution in [2.24, 2.45) is 17.6 Å². The number of benzene rings is 1. The molecule has 2 atom stereocenters. The molecular formula is C15H14F3N3O2. The van der Waals surface area contributed by atoms with Crippen LogP contribution in [0.1, 0.15) is 10.4 Å². The Morgan fingerprint density at radius 2 is 1.96 bits per heavy atom. The van der Waals surface area contributed by atoms with Gasteiger partial charge in [0.05, 0.1) is 11.8 Å². The average Bonchev–Trinajstić information content (AvgIpc) is 3.11. The van der Waals surface area contributed by atoms with Crippen LogP contribution in [0.3, 0.4) is 0 Å². The number of halogens is 3. The van der Waals surface area contributed by atoms with Gasteiger partial charge in [-0.05, 0) is 24.3 Å². The summed E-state index contributed by atoms with van der Waals surface area (Å²) in [5.74, 6) is -4.90. The SMILES string of the molecule is NC(=O)[C@@H]1CN(C(=O)c2ccc3[nH]ccc3c2)C[C@H]1C(F)(F)F. The van der Waals surface area contributed by atoms with Gasteiger partial charge in [0.1, 0.15) is 0 Å². The topological polar surface area (TPSA) is 79.2 Å². The second-order valence-electron chi connectivity index (χ2n) is 5.65. The molecule has 0 bridgehead atoms. The predicted molar refractivity (Wildman–Crippen MR) is 76.4 cm³/mol. The largest absolute Gasteiger partial charge is 0.394 e. The highest BCUT2D eigenvalue weighted by atomic mass is 19.4. The molecule has 5 nitrogen and oxygen atoms in total. The highest BCUT2D eigenvalue weighted by Crippen LogP contribution is 2.38. The molecule has 0 aliphatic carbocycles. The third-order valence-corrected chi connectivity index (χ3v) is 4.19. The molecule has 3 rings (SSSR count). The van der Waals surface area contributed by atoms with Crippen LogP contribution in [0.5, 0.6) is 0 Å². The van der Waals surface area contributed by atoms with Gasteiger partial charge in [-0.3, -0.25) is 9.59 Å². The molecule has 3 N–H and O–H groups in total. The third-order valence-electron chi connectivity index (χ3n) is 4.19. The number of aromatic nitrogens is 1. The Kier molecular flexibility index (Phi) is 3.54. The smallest absolute Gasteiger partial charge is 0.369 e. The first kappa shape index (κ1) is 15.4. The molecule has 1 fully saturated rings. The normalized spacial score (nSPS) is 21.8. The lowest BCUT2D eigenvalue weighted by atomic mass is 9.95. The number of primary amides is 1. The number of nitrogens with one attached hydrogen (secondary N) is 1. The van der Waals surface area contributed by atoms with Crippen molar-refractivity contribution in [2.45, 2.75) is 6.18 Å². The first-order valence-electron chi connectivity index (χ1n) is 7.00. The van der Waals surface area contributed by atoms with Crippen molar-refractivity contribution in [3.8, 4) is 0 Å². The van der Waals surface area contributed by atoms with E-state index < -0.39 is 36.4 Å². The molecule has 23 heavy (non-hydrogen) atoms. The molecule has 122 valence electrons. The van der Waals surface area contributed by atoms with E-state index in [2.05, 4.69) is 4.98 Å². The second-order valence-corrected chi connectivity index (χ2v) is 5.65. The molecule has 2 heterocycles. The fourth-order valence-corrected chi connectivity index (χ4v) is 2.96. The molecule has 2 aromatic rings. The minimum atomic E-state index is -4.57. The van der Waals surface area contributed by atoms with E-state index in [0.717, 1.165) is 15.8 Å². The van der Waals surface area contributed by atoms with Crippen LogP contribution in [-0.2, 0) is 4.79 Å². The lowest BCUT2D eigenvalue weighted by Gasteiger charge is -2.18. The lowest BCUT2D eigenvalue weighted by molar-refractivity contribution is -0.182. The molecule has 0 radical (unpaired) electrons. The van der Waals surface area contributed by atoms with Gasteiger partial charge in [-0.1, -0.05) is 0 Å². The number of fused-ring (bicyclic) bond motifs is 1. The van der Waals surface area contributed by atoms with E-state index in [9.17, 15) is 22.8 Å². The van der Waals surface area contributed by atoms with Crippen LogP contribution in [0.4, 0.5) is 13.2 Å². The van der Waals surface area contributed by atoms with Crippen molar-refractivity contribution < 1.29 is 22.8 Å². The number of hydrogen-bond donors (Lipinski definition) is 2. The number of nitrogens with zero attached hydrogens (tertiary/aromatic N) is 1. The molecule has 2 amide bonds. The third kappa shape index (κ3) is 2.76.